The maximum atomic E-state index is 12.5. The largest absolute Gasteiger partial charge is 0.495 e. The van der Waals surface area contributed by atoms with E-state index in [9.17, 15) is 9.59 Å². The lowest BCUT2D eigenvalue weighted by Crippen LogP contribution is -2.34. The van der Waals surface area contributed by atoms with Crippen LogP contribution in [0.25, 0.3) is 0 Å². The van der Waals surface area contributed by atoms with Gasteiger partial charge in [-0.3, -0.25) is 9.59 Å². The van der Waals surface area contributed by atoms with Crippen molar-refractivity contribution in [3.63, 3.8) is 0 Å². The van der Waals surface area contributed by atoms with Gasteiger partial charge in [0.15, 0.2) is 6.10 Å². The standard InChI is InChI=1S/C19H20ClN3O4/c1-10(18(24)22-14-8-12(20)4-6-16(14)26-3)21-13-5-7-17-15(9-13)23-19(25)11(2)27-17/h4-11,21H,1-3H3,(H,22,24)(H,23,25)/t10-,11-/m1/s1. The number of carbonyl (C=O) groups is 2. The fourth-order valence-corrected chi connectivity index (χ4v) is 2.81. The van der Waals surface area contributed by atoms with E-state index < -0.39 is 12.1 Å². The Bertz CT molecular complexity index is 887. The van der Waals surface area contributed by atoms with Crippen LogP contribution < -0.4 is 25.4 Å². The molecule has 2 atom stereocenters. The summed E-state index contributed by atoms with van der Waals surface area (Å²) in [7, 11) is 1.52. The van der Waals surface area contributed by atoms with Gasteiger partial charge in [0.05, 0.1) is 18.5 Å². The molecular formula is C19H20ClN3O4. The van der Waals surface area contributed by atoms with E-state index in [0.29, 0.717) is 33.6 Å². The average molecular weight is 390 g/mol. The van der Waals surface area contributed by atoms with Crippen LogP contribution in [0, 0.1) is 0 Å². The van der Waals surface area contributed by atoms with Gasteiger partial charge in [0.2, 0.25) is 5.91 Å². The van der Waals surface area contributed by atoms with E-state index in [1.165, 1.54) is 7.11 Å². The van der Waals surface area contributed by atoms with Crippen LogP contribution >= 0.6 is 11.6 Å². The minimum Gasteiger partial charge on any atom is -0.495 e. The van der Waals surface area contributed by atoms with Crippen molar-refractivity contribution >= 4 is 40.5 Å². The summed E-state index contributed by atoms with van der Waals surface area (Å²) < 4.78 is 10.8. The fourth-order valence-electron chi connectivity index (χ4n) is 2.63. The first kappa shape index (κ1) is 18.8. The minimum atomic E-state index is -0.550. The summed E-state index contributed by atoms with van der Waals surface area (Å²) in [4.78, 5) is 24.3. The van der Waals surface area contributed by atoms with Crippen molar-refractivity contribution in [3.05, 3.63) is 41.4 Å². The Hall–Kier alpha value is -2.93. The highest BCUT2D eigenvalue weighted by Crippen LogP contribution is 2.32. The van der Waals surface area contributed by atoms with Gasteiger partial charge < -0.3 is 25.4 Å². The first-order valence-corrected chi connectivity index (χ1v) is 8.77. The zero-order chi connectivity index (χ0) is 19.6. The van der Waals surface area contributed by atoms with Crippen LogP contribution in [-0.2, 0) is 9.59 Å². The molecule has 0 unspecified atom stereocenters. The molecular weight excluding hydrogens is 370 g/mol. The highest BCUT2D eigenvalue weighted by Gasteiger charge is 2.24. The van der Waals surface area contributed by atoms with Crippen LogP contribution in [0.2, 0.25) is 5.02 Å². The van der Waals surface area contributed by atoms with Crippen LogP contribution in [0.15, 0.2) is 36.4 Å². The third kappa shape index (κ3) is 4.25. The molecule has 0 aromatic heterocycles. The Kier molecular flexibility index (Phi) is 5.41. The second kappa shape index (κ2) is 7.75. The lowest BCUT2D eigenvalue weighted by Gasteiger charge is -2.24. The van der Waals surface area contributed by atoms with Gasteiger partial charge in [0, 0.05) is 10.7 Å². The number of rotatable bonds is 5. The van der Waals surface area contributed by atoms with Gasteiger partial charge in [-0.15, -0.1) is 0 Å². The van der Waals surface area contributed by atoms with Crippen molar-refractivity contribution in [2.45, 2.75) is 26.0 Å². The lowest BCUT2D eigenvalue weighted by atomic mass is 10.2. The zero-order valence-corrected chi connectivity index (χ0v) is 15.9. The molecule has 2 aromatic carbocycles. The van der Waals surface area contributed by atoms with E-state index in [0.717, 1.165) is 0 Å². The predicted molar refractivity (Wildman–Crippen MR) is 105 cm³/mol. The van der Waals surface area contributed by atoms with Crippen molar-refractivity contribution in [2.24, 2.45) is 0 Å². The Labute approximate surface area is 162 Å². The van der Waals surface area contributed by atoms with E-state index in [1.807, 2.05) is 0 Å². The van der Waals surface area contributed by atoms with E-state index in [1.54, 1.807) is 50.2 Å². The van der Waals surface area contributed by atoms with Gasteiger partial charge in [-0.2, -0.15) is 0 Å². The molecule has 2 amide bonds. The topological polar surface area (TPSA) is 88.7 Å². The second-order valence-corrected chi connectivity index (χ2v) is 6.60. The highest BCUT2D eigenvalue weighted by molar-refractivity contribution is 6.31. The Morgan fingerprint density at radius 2 is 2.07 bits per heavy atom. The summed E-state index contributed by atoms with van der Waals surface area (Å²) in [5.74, 6) is 0.636. The quantitative estimate of drug-likeness (QED) is 0.728. The molecule has 8 heteroatoms. The molecule has 1 heterocycles. The average Bonchev–Trinajstić information content (AvgIpc) is 2.63. The van der Waals surface area contributed by atoms with E-state index in [2.05, 4.69) is 16.0 Å². The molecule has 2 aromatic rings. The van der Waals surface area contributed by atoms with Crippen LogP contribution in [0.5, 0.6) is 11.5 Å². The first-order valence-electron chi connectivity index (χ1n) is 8.40. The summed E-state index contributed by atoms with van der Waals surface area (Å²) in [6, 6.07) is 9.70. The Morgan fingerprint density at radius 1 is 1.30 bits per heavy atom. The number of methoxy groups -OCH3 is 1. The van der Waals surface area contributed by atoms with Gasteiger partial charge >= 0.3 is 0 Å². The number of anilines is 3. The van der Waals surface area contributed by atoms with Crippen LogP contribution in [0.4, 0.5) is 17.1 Å². The number of hydrogen-bond acceptors (Lipinski definition) is 5. The van der Waals surface area contributed by atoms with Gasteiger partial charge in [-0.25, -0.2) is 0 Å². The normalized spacial score (nSPS) is 16.4. The molecule has 27 heavy (non-hydrogen) atoms. The predicted octanol–water partition coefficient (Wildman–Crippen LogP) is 3.51. The molecule has 142 valence electrons. The molecule has 3 rings (SSSR count). The molecule has 0 spiro atoms. The maximum absolute atomic E-state index is 12.5. The molecule has 0 radical (unpaired) electrons. The van der Waals surface area contributed by atoms with Crippen LogP contribution in [0.3, 0.4) is 0 Å². The number of ether oxygens (including phenoxy) is 2. The van der Waals surface area contributed by atoms with Crippen LogP contribution in [-0.4, -0.2) is 31.1 Å². The van der Waals surface area contributed by atoms with Crippen molar-refractivity contribution < 1.29 is 19.1 Å². The van der Waals surface area contributed by atoms with E-state index in [4.69, 9.17) is 21.1 Å². The molecule has 1 aliphatic rings. The fraction of sp³-hybridized carbons (Fsp3) is 0.263. The number of fused-ring (bicyclic) bond motifs is 1. The molecule has 0 saturated carbocycles. The summed E-state index contributed by atoms with van der Waals surface area (Å²) in [6.45, 7) is 3.41. The van der Waals surface area contributed by atoms with Gasteiger partial charge in [-0.05, 0) is 50.2 Å². The summed E-state index contributed by atoms with van der Waals surface area (Å²) >= 11 is 5.99. The number of nitrogens with one attached hydrogen (secondary N) is 3. The molecule has 0 fully saturated rings. The second-order valence-electron chi connectivity index (χ2n) is 6.16. The minimum absolute atomic E-state index is 0.210. The van der Waals surface area contributed by atoms with Crippen LogP contribution in [0.1, 0.15) is 13.8 Å². The van der Waals surface area contributed by atoms with E-state index >= 15 is 0 Å². The third-order valence-corrected chi connectivity index (χ3v) is 4.34. The maximum Gasteiger partial charge on any atom is 0.265 e. The summed E-state index contributed by atoms with van der Waals surface area (Å²) in [5, 5.41) is 9.16. The van der Waals surface area contributed by atoms with E-state index in [-0.39, 0.29) is 11.8 Å². The SMILES string of the molecule is COc1ccc(Cl)cc1NC(=O)[C@@H](C)Nc1ccc2c(c1)NC(=O)[C@@H](C)O2. The summed E-state index contributed by atoms with van der Waals surface area (Å²) in [6.07, 6.45) is -0.534. The number of benzene rings is 2. The van der Waals surface area contributed by atoms with Crippen molar-refractivity contribution in [3.8, 4) is 11.5 Å². The van der Waals surface area contributed by atoms with Gasteiger partial charge in [-0.1, -0.05) is 11.6 Å². The van der Waals surface area contributed by atoms with Gasteiger partial charge in [0.1, 0.15) is 17.5 Å². The number of amides is 2. The Morgan fingerprint density at radius 3 is 2.81 bits per heavy atom. The molecule has 0 bridgehead atoms. The van der Waals surface area contributed by atoms with Crippen molar-refractivity contribution in [2.75, 3.05) is 23.1 Å². The number of halogens is 1. The molecule has 7 nitrogen and oxygen atoms in total. The number of carbonyl (C=O) groups excluding carboxylic acids is 2. The smallest absolute Gasteiger partial charge is 0.265 e. The monoisotopic (exact) mass is 389 g/mol. The number of hydrogen-bond donors (Lipinski definition) is 3. The summed E-state index contributed by atoms with van der Waals surface area (Å²) in [5.41, 5.74) is 1.73. The molecule has 1 aliphatic heterocycles. The highest BCUT2D eigenvalue weighted by atomic mass is 35.5. The van der Waals surface area contributed by atoms with Gasteiger partial charge in [0.25, 0.3) is 5.91 Å². The molecule has 0 saturated heterocycles. The zero-order valence-electron chi connectivity index (χ0n) is 15.1. The third-order valence-electron chi connectivity index (χ3n) is 4.11. The lowest BCUT2D eigenvalue weighted by molar-refractivity contribution is -0.122. The first-order chi connectivity index (χ1) is 12.9. The van der Waals surface area contributed by atoms with Crippen molar-refractivity contribution in [1.82, 2.24) is 0 Å². The molecule has 3 N–H and O–H groups in total. The van der Waals surface area contributed by atoms with Crippen molar-refractivity contribution in [1.29, 1.82) is 0 Å². The molecule has 0 aliphatic carbocycles. The Balaban J connectivity index is 1.69.